The van der Waals surface area contributed by atoms with E-state index in [-0.39, 0.29) is 18.0 Å². The van der Waals surface area contributed by atoms with Gasteiger partial charge < -0.3 is 19.4 Å². The smallest absolute Gasteiger partial charge is 0.303 e. The van der Waals surface area contributed by atoms with E-state index in [0.717, 1.165) is 25.7 Å². The standard InChI is InChI=1S/C16H20N2O5/c19-15(20)8-4-2-1-3-5-9-17-16(21)12-11-14(23-18-12)13-7-6-10-22-13/h6-7,10-11H,1-5,8-9H2,(H,17,21)(H,19,20). The number of carboxylic acids is 1. The van der Waals surface area contributed by atoms with Crippen molar-refractivity contribution in [3.63, 3.8) is 0 Å². The van der Waals surface area contributed by atoms with Crippen LogP contribution in [0.2, 0.25) is 0 Å². The number of carbonyl (C=O) groups excluding carboxylic acids is 1. The molecule has 0 saturated heterocycles. The number of aromatic nitrogens is 1. The van der Waals surface area contributed by atoms with E-state index in [4.69, 9.17) is 14.0 Å². The number of carboxylic acid groups (broad SMARTS) is 1. The SMILES string of the molecule is O=C(O)CCCCCCCNC(=O)c1cc(-c2ccco2)on1. The number of aliphatic carboxylic acids is 1. The van der Waals surface area contributed by atoms with E-state index >= 15 is 0 Å². The van der Waals surface area contributed by atoms with E-state index in [1.54, 1.807) is 18.2 Å². The fraction of sp³-hybridized carbons (Fsp3) is 0.438. The molecule has 2 N–H and O–H groups in total. The Balaban J connectivity index is 1.61. The first kappa shape index (κ1) is 16.8. The van der Waals surface area contributed by atoms with Gasteiger partial charge in [0.25, 0.3) is 5.91 Å². The third-order valence-corrected chi connectivity index (χ3v) is 3.36. The fourth-order valence-electron chi connectivity index (χ4n) is 2.14. The molecule has 0 bridgehead atoms. The van der Waals surface area contributed by atoms with Crippen molar-refractivity contribution in [3.05, 3.63) is 30.2 Å². The van der Waals surface area contributed by atoms with Gasteiger partial charge in [0.05, 0.1) is 6.26 Å². The van der Waals surface area contributed by atoms with E-state index in [2.05, 4.69) is 10.5 Å². The lowest BCUT2D eigenvalue weighted by atomic mass is 10.1. The molecular weight excluding hydrogens is 300 g/mol. The highest BCUT2D eigenvalue weighted by molar-refractivity contribution is 5.92. The third-order valence-electron chi connectivity index (χ3n) is 3.36. The first-order valence-corrected chi connectivity index (χ1v) is 7.67. The zero-order valence-corrected chi connectivity index (χ0v) is 12.8. The Morgan fingerprint density at radius 3 is 2.65 bits per heavy atom. The van der Waals surface area contributed by atoms with Gasteiger partial charge in [0.1, 0.15) is 0 Å². The van der Waals surface area contributed by atoms with Gasteiger partial charge in [-0.25, -0.2) is 0 Å². The molecule has 0 spiro atoms. The summed E-state index contributed by atoms with van der Waals surface area (Å²) in [6, 6.07) is 5.00. The lowest BCUT2D eigenvalue weighted by Gasteiger charge is -2.02. The van der Waals surface area contributed by atoms with Gasteiger partial charge in [-0.15, -0.1) is 0 Å². The summed E-state index contributed by atoms with van der Waals surface area (Å²) in [7, 11) is 0. The van der Waals surface area contributed by atoms with Crippen LogP contribution in [0.3, 0.4) is 0 Å². The topological polar surface area (TPSA) is 106 Å². The van der Waals surface area contributed by atoms with Crippen LogP contribution in [0.1, 0.15) is 49.0 Å². The van der Waals surface area contributed by atoms with Crippen molar-refractivity contribution in [2.45, 2.75) is 38.5 Å². The van der Waals surface area contributed by atoms with Crippen molar-refractivity contribution < 1.29 is 23.6 Å². The molecule has 0 radical (unpaired) electrons. The number of amides is 1. The molecule has 0 aliphatic heterocycles. The van der Waals surface area contributed by atoms with Crippen LogP contribution in [-0.2, 0) is 4.79 Å². The summed E-state index contributed by atoms with van der Waals surface area (Å²) < 4.78 is 10.2. The maximum atomic E-state index is 11.9. The molecule has 7 heteroatoms. The van der Waals surface area contributed by atoms with Crippen molar-refractivity contribution >= 4 is 11.9 Å². The average molecular weight is 320 g/mol. The second-order valence-electron chi connectivity index (χ2n) is 5.22. The van der Waals surface area contributed by atoms with Crippen LogP contribution in [0, 0.1) is 0 Å². The van der Waals surface area contributed by atoms with Crippen molar-refractivity contribution in [1.29, 1.82) is 0 Å². The average Bonchev–Trinajstić information content (AvgIpc) is 3.19. The Labute approximate surface area is 133 Å². The van der Waals surface area contributed by atoms with E-state index in [1.165, 1.54) is 6.26 Å². The van der Waals surface area contributed by atoms with Crippen LogP contribution in [0.25, 0.3) is 11.5 Å². The molecule has 7 nitrogen and oxygen atoms in total. The van der Waals surface area contributed by atoms with Crippen molar-refractivity contribution in [2.75, 3.05) is 6.54 Å². The Kier molecular flexibility index (Phi) is 6.40. The van der Waals surface area contributed by atoms with Gasteiger partial charge in [-0.3, -0.25) is 9.59 Å². The van der Waals surface area contributed by atoms with Crippen LogP contribution < -0.4 is 5.32 Å². The normalized spacial score (nSPS) is 10.6. The Morgan fingerprint density at radius 2 is 1.91 bits per heavy atom. The number of hydrogen-bond donors (Lipinski definition) is 2. The zero-order valence-electron chi connectivity index (χ0n) is 12.8. The van der Waals surface area contributed by atoms with Gasteiger partial charge in [0.15, 0.2) is 11.5 Å². The summed E-state index contributed by atoms with van der Waals surface area (Å²) in [4.78, 5) is 22.3. The van der Waals surface area contributed by atoms with Gasteiger partial charge in [-0.2, -0.15) is 0 Å². The number of hydrogen-bond acceptors (Lipinski definition) is 5. The predicted molar refractivity (Wildman–Crippen MR) is 81.9 cm³/mol. The Hall–Kier alpha value is -2.57. The maximum Gasteiger partial charge on any atom is 0.303 e. The highest BCUT2D eigenvalue weighted by atomic mass is 16.5. The van der Waals surface area contributed by atoms with Crippen molar-refractivity contribution in [3.8, 4) is 11.5 Å². The summed E-state index contributed by atoms with van der Waals surface area (Å²) in [6.45, 7) is 0.556. The maximum absolute atomic E-state index is 11.9. The Bertz CT molecular complexity index is 618. The van der Waals surface area contributed by atoms with Gasteiger partial charge in [-0.05, 0) is 25.0 Å². The largest absolute Gasteiger partial charge is 0.481 e. The Morgan fingerprint density at radius 1 is 1.13 bits per heavy atom. The van der Waals surface area contributed by atoms with Crippen LogP contribution in [0.5, 0.6) is 0 Å². The second-order valence-corrected chi connectivity index (χ2v) is 5.22. The molecular formula is C16H20N2O5. The summed E-state index contributed by atoms with van der Waals surface area (Å²) >= 11 is 0. The molecule has 2 aromatic rings. The molecule has 23 heavy (non-hydrogen) atoms. The van der Waals surface area contributed by atoms with Crippen LogP contribution >= 0.6 is 0 Å². The summed E-state index contributed by atoms with van der Waals surface area (Å²) in [6.07, 6.45) is 6.12. The van der Waals surface area contributed by atoms with Gasteiger partial charge in [0, 0.05) is 19.0 Å². The minimum Gasteiger partial charge on any atom is -0.481 e. The minimum atomic E-state index is -0.751. The first-order chi connectivity index (χ1) is 11.2. The molecule has 0 aliphatic rings. The van der Waals surface area contributed by atoms with E-state index in [0.29, 0.717) is 24.5 Å². The molecule has 0 aliphatic carbocycles. The lowest BCUT2D eigenvalue weighted by Crippen LogP contribution is -2.24. The van der Waals surface area contributed by atoms with Gasteiger partial charge in [-0.1, -0.05) is 24.4 Å². The fourth-order valence-corrected chi connectivity index (χ4v) is 2.14. The summed E-state index contributed by atoms with van der Waals surface area (Å²) in [5.41, 5.74) is 0.220. The highest BCUT2D eigenvalue weighted by Crippen LogP contribution is 2.20. The number of unbranched alkanes of at least 4 members (excludes halogenated alkanes) is 4. The molecule has 0 aromatic carbocycles. The second kappa shape index (κ2) is 8.77. The molecule has 2 aromatic heterocycles. The monoisotopic (exact) mass is 320 g/mol. The van der Waals surface area contributed by atoms with E-state index in [1.807, 2.05) is 0 Å². The first-order valence-electron chi connectivity index (χ1n) is 7.67. The zero-order chi connectivity index (χ0) is 16.5. The number of nitrogens with zero attached hydrogens (tertiary/aromatic N) is 1. The summed E-state index contributed by atoms with van der Waals surface area (Å²) in [5.74, 6) is -0.0901. The van der Waals surface area contributed by atoms with Gasteiger partial charge in [0.2, 0.25) is 5.76 Å². The minimum absolute atomic E-state index is 0.220. The number of rotatable bonds is 10. The predicted octanol–water partition coefficient (Wildman–Crippen LogP) is 3.09. The summed E-state index contributed by atoms with van der Waals surface area (Å²) in [5, 5.41) is 15.0. The molecule has 0 unspecified atom stereocenters. The van der Waals surface area contributed by atoms with Crippen LogP contribution in [0.4, 0.5) is 0 Å². The number of nitrogens with one attached hydrogen (secondary N) is 1. The van der Waals surface area contributed by atoms with E-state index < -0.39 is 5.97 Å². The third kappa shape index (κ3) is 5.61. The lowest BCUT2D eigenvalue weighted by molar-refractivity contribution is -0.137. The van der Waals surface area contributed by atoms with Crippen molar-refractivity contribution in [2.24, 2.45) is 0 Å². The molecule has 124 valence electrons. The molecule has 0 saturated carbocycles. The molecule has 1 amide bonds. The van der Waals surface area contributed by atoms with Crippen LogP contribution in [0.15, 0.2) is 33.4 Å². The van der Waals surface area contributed by atoms with Crippen molar-refractivity contribution in [1.82, 2.24) is 10.5 Å². The van der Waals surface area contributed by atoms with Crippen LogP contribution in [-0.4, -0.2) is 28.7 Å². The molecule has 0 fully saturated rings. The highest BCUT2D eigenvalue weighted by Gasteiger charge is 2.14. The number of carbonyl (C=O) groups is 2. The molecule has 0 atom stereocenters. The van der Waals surface area contributed by atoms with E-state index in [9.17, 15) is 9.59 Å². The molecule has 2 rings (SSSR count). The quantitative estimate of drug-likeness (QED) is 0.652. The molecule has 2 heterocycles. The number of furan rings is 1. The van der Waals surface area contributed by atoms with Gasteiger partial charge >= 0.3 is 5.97 Å².